The van der Waals surface area contributed by atoms with Crippen molar-refractivity contribution in [3.63, 3.8) is 0 Å². The standard InChI is InChI=1S/C27H41N3O5/c1-27(2,3)35-26(33)29-23(24(31)30(18-21-12-13-21)19-22-14-15-22)11-7-8-16-34-25(32)28-17-20-9-5-4-6-10-20/h4-6,9-10,21-23H,7-8,11-19H2,1-3H3,(H,28,32)(H,29,33)/t23-/m0/s1. The van der Waals surface area contributed by atoms with Crippen LogP contribution in [0.2, 0.25) is 0 Å². The number of benzene rings is 1. The van der Waals surface area contributed by atoms with Crippen LogP contribution in [0.15, 0.2) is 30.3 Å². The fraction of sp³-hybridized carbons (Fsp3) is 0.667. The van der Waals surface area contributed by atoms with E-state index < -0.39 is 23.8 Å². The smallest absolute Gasteiger partial charge is 0.408 e. The molecule has 35 heavy (non-hydrogen) atoms. The maximum atomic E-state index is 13.4. The van der Waals surface area contributed by atoms with Crippen molar-refractivity contribution in [3.05, 3.63) is 35.9 Å². The van der Waals surface area contributed by atoms with Gasteiger partial charge in [-0.1, -0.05) is 30.3 Å². The molecule has 0 aromatic heterocycles. The molecule has 3 amide bonds. The fourth-order valence-electron chi connectivity index (χ4n) is 3.84. The Balaban J connectivity index is 1.45. The highest BCUT2D eigenvalue weighted by Crippen LogP contribution is 2.34. The number of ether oxygens (including phenoxy) is 2. The second-order valence-electron chi connectivity index (χ2n) is 10.8. The largest absolute Gasteiger partial charge is 0.450 e. The summed E-state index contributed by atoms with van der Waals surface area (Å²) in [6.45, 7) is 7.61. The van der Waals surface area contributed by atoms with Crippen molar-refractivity contribution < 1.29 is 23.9 Å². The van der Waals surface area contributed by atoms with Gasteiger partial charge >= 0.3 is 12.2 Å². The second-order valence-corrected chi connectivity index (χ2v) is 10.8. The fourth-order valence-corrected chi connectivity index (χ4v) is 3.84. The zero-order valence-electron chi connectivity index (χ0n) is 21.4. The summed E-state index contributed by atoms with van der Waals surface area (Å²) in [5.41, 5.74) is 0.362. The lowest BCUT2D eigenvalue weighted by atomic mass is 10.1. The third kappa shape index (κ3) is 11.0. The van der Waals surface area contributed by atoms with Gasteiger partial charge in [0, 0.05) is 19.6 Å². The molecule has 0 unspecified atom stereocenters. The van der Waals surface area contributed by atoms with Gasteiger partial charge < -0.3 is 25.0 Å². The van der Waals surface area contributed by atoms with Crippen molar-refractivity contribution in [3.8, 4) is 0 Å². The van der Waals surface area contributed by atoms with Gasteiger partial charge in [0.25, 0.3) is 0 Å². The molecule has 2 fully saturated rings. The van der Waals surface area contributed by atoms with Crippen LogP contribution in [0.3, 0.4) is 0 Å². The van der Waals surface area contributed by atoms with Crippen LogP contribution in [-0.4, -0.2) is 54.3 Å². The zero-order valence-corrected chi connectivity index (χ0v) is 21.4. The lowest BCUT2D eigenvalue weighted by Gasteiger charge is -2.29. The van der Waals surface area contributed by atoms with Gasteiger partial charge in [0.15, 0.2) is 0 Å². The molecule has 2 N–H and O–H groups in total. The monoisotopic (exact) mass is 487 g/mol. The molecule has 2 aliphatic carbocycles. The van der Waals surface area contributed by atoms with E-state index >= 15 is 0 Å². The molecule has 8 heteroatoms. The minimum Gasteiger partial charge on any atom is -0.450 e. The summed E-state index contributed by atoms with van der Waals surface area (Å²) in [7, 11) is 0. The number of nitrogens with zero attached hydrogens (tertiary/aromatic N) is 1. The summed E-state index contributed by atoms with van der Waals surface area (Å²) in [6, 6.07) is 8.99. The Bertz CT molecular complexity index is 817. The first-order chi connectivity index (χ1) is 16.7. The number of carbonyl (C=O) groups excluding carboxylic acids is 3. The summed E-state index contributed by atoms with van der Waals surface area (Å²) in [4.78, 5) is 39.8. The molecule has 1 atom stereocenters. The van der Waals surface area contributed by atoms with E-state index in [0.717, 1.165) is 18.7 Å². The topological polar surface area (TPSA) is 97.0 Å². The molecule has 0 bridgehead atoms. The molecule has 1 aromatic carbocycles. The molecule has 0 aliphatic heterocycles. The molecule has 2 saturated carbocycles. The number of unbranched alkanes of at least 4 members (excludes halogenated alkanes) is 1. The van der Waals surface area contributed by atoms with Crippen LogP contribution in [0.4, 0.5) is 9.59 Å². The van der Waals surface area contributed by atoms with E-state index in [0.29, 0.717) is 37.6 Å². The molecule has 1 aromatic rings. The van der Waals surface area contributed by atoms with E-state index in [9.17, 15) is 14.4 Å². The highest BCUT2D eigenvalue weighted by atomic mass is 16.6. The van der Waals surface area contributed by atoms with Gasteiger partial charge in [-0.2, -0.15) is 0 Å². The number of hydrogen-bond donors (Lipinski definition) is 2. The average molecular weight is 488 g/mol. The Kier molecular flexibility index (Phi) is 9.81. The van der Waals surface area contributed by atoms with Crippen molar-refractivity contribution in [2.75, 3.05) is 19.7 Å². The Labute approximate surface area is 209 Å². The van der Waals surface area contributed by atoms with E-state index in [1.165, 1.54) is 25.7 Å². The van der Waals surface area contributed by atoms with Crippen LogP contribution in [0.5, 0.6) is 0 Å². The summed E-state index contributed by atoms with van der Waals surface area (Å²) in [5, 5.41) is 5.54. The van der Waals surface area contributed by atoms with Crippen molar-refractivity contribution in [2.45, 2.75) is 83.9 Å². The van der Waals surface area contributed by atoms with Gasteiger partial charge in [0.2, 0.25) is 5.91 Å². The lowest BCUT2D eigenvalue weighted by Crippen LogP contribution is -2.50. The lowest BCUT2D eigenvalue weighted by molar-refractivity contribution is -0.134. The van der Waals surface area contributed by atoms with Crippen LogP contribution in [0.25, 0.3) is 0 Å². The number of hydrogen-bond acceptors (Lipinski definition) is 5. The van der Waals surface area contributed by atoms with Crippen LogP contribution in [-0.2, 0) is 20.8 Å². The van der Waals surface area contributed by atoms with E-state index in [-0.39, 0.29) is 12.5 Å². The van der Waals surface area contributed by atoms with Crippen molar-refractivity contribution in [1.82, 2.24) is 15.5 Å². The van der Waals surface area contributed by atoms with Gasteiger partial charge in [-0.05, 0) is 83.1 Å². The molecule has 194 valence electrons. The number of carbonyl (C=O) groups is 3. The third-order valence-corrected chi connectivity index (χ3v) is 6.05. The molecule has 8 nitrogen and oxygen atoms in total. The summed E-state index contributed by atoms with van der Waals surface area (Å²) >= 11 is 0. The Morgan fingerprint density at radius 3 is 2.17 bits per heavy atom. The molecule has 0 heterocycles. The number of rotatable bonds is 13. The maximum Gasteiger partial charge on any atom is 0.408 e. The summed E-state index contributed by atoms with van der Waals surface area (Å²) in [6.07, 6.45) is 5.34. The average Bonchev–Trinajstić information content (AvgIpc) is 3.72. The van der Waals surface area contributed by atoms with E-state index in [1.807, 2.05) is 35.2 Å². The highest BCUT2D eigenvalue weighted by Gasteiger charge is 2.35. The van der Waals surface area contributed by atoms with E-state index in [1.54, 1.807) is 20.8 Å². The van der Waals surface area contributed by atoms with Crippen molar-refractivity contribution in [1.29, 1.82) is 0 Å². The third-order valence-electron chi connectivity index (χ3n) is 6.05. The molecule has 0 saturated heterocycles. The van der Waals surface area contributed by atoms with Crippen molar-refractivity contribution >= 4 is 18.1 Å². The number of amides is 3. The molecule has 2 aliphatic rings. The van der Waals surface area contributed by atoms with Gasteiger partial charge in [-0.15, -0.1) is 0 Å². The van der Waals surface area contributed by atoms with Gasteiger partial charge in [-0.25, -0.2) is 9.59 Å². The predicted molar refractivity (Wildman–Crippen MR) is 134 cm³/mol. The van der Waals surface area contributed by atoms with E-state index in [4.69, 9.17) is 9.47 Å². The molecular weight excluding hydrogens is 446 g/mol. The van der Waals surface area contributed by atoms with Crippen LogP contribution >= 0.6 is 0 Å². The SMILES string of the molecule is CC(C)(C)OC(=O)N[C@@H](CCCCOC(=O)NCc1ccccc1)C(=O)N(CC1CC1)CC1CC1. The molecule has 0 radical (unpaired) electrons. The normalized spacial score (nSPS) is 16.2. The van der Waals surface area contributed by atoms with Crippen LogP contribution in [0.1, 0.15) is 71.3 Å². The Hall–Kier alpha value is -2.77. The van der Waals surface area contributed by atoms with Gasteiger partial charge in [-0.3, -0.25) is 4.79 Å². The number of nitrogens with one attached hydrogen (secondary N) is 2. The first-order valence-corrected chi connectivity index (χ1v) is 12.9. The first kappa shape index (κ1) is 26.8. The van der Waals surface area contributed by atoms with Crippen LogP contribution < -0.4 is 10.6 Å². The summed E-state index contributed by atoms with van der Waals surface area (Å²) < 4.78 is 10.7. The second kappa shape index (κ2) is 12.8. The predicted octanol–water partition coefficient (Wildman–Crippen LogP) is 4.63. The Morgan fingerprint density at radius 1 is 0.971 bits per heavy atom. The Morgan fingerprint density at radius 2 is 1.60 bits per heavy atom. The van der Waals surface area contributed by atoms with Gasteiger partial charge in [0.1, 0.15) is 11.6 Å². The summed E-state index contributed by atoms with van der Waals surface area (Å²) in [5.74, 6) is 1.14. The van der Waals surface area contributed by atoms with E-state index in [2.05, 4.69) is 10.6 Å². The first-order valence-electron chi connectivity index (χ1n) is 12.9. The maximum absolute atomic E-state index is 13.4. The van der Waals surface area contributed by atoms with Gasteiger partial charge in [0.05, 0.1) is 6.61 Å². The molecular formula is C27H41N3O5. The highest BCUT2D eigenvalue weighted by molar-refractivity contribution is 5.85. The quantitative estimate of drug-likeness (QED) is 0.396. The molecule has 0 spiro atoms. The van der Waals surface area contributed by atoms with Crippen LogP contribution in [0, 0.1) is 11.8 Å². The zero-order chi connectivity index (χ0) is 25.3. The van der Waals surface area contributed by atoms with Crippen molar-refractivity contribution in [2.24, 2.45) is 11.8 Å². The minimum absolute atomic E-state index is 0.0313. The minimum atomic E-state index is -0.644. The number of alkyl carbamates (subject to hydrolysis) is 2. The molecule has 3 rings (SSSR count).